The summed E-state index contributed by atoms with van der Waals surface area (Å²) in [6, 6.07) is 11.9. The maximum absolute atomic E-state index is 12.5. The average Bonchev–Trinajstić information content (AvgIpc) is 2.65. The number of rotatable bonds is 6. The minimum Gasteiger partial charge on any atom is -0.492 e. The summed E-state index contributed by atoms with van der Waals surface area (Å²) in [7, 11) is 1.52. The van der Waals surface area contributed by atoms with Crippen molar-refractivity contribution in [1.29, 1.82) is 0 Å². The predicted octanol–water partition coefficient (Wildman–Crippen LogP) is 3.44. The van der Waals surface area contributed by atoms with E-state index in [1.165, 1.54) is 11.7 Å². The van der Waals surface area contributed by atoms with E-state index in [0.29, 0.717) is 46.1 Å². The lowest BCUT2D eigenvalue weighted by Gasteiger charge is -2.10. The second-order valence-corrected chi connectivity index (χ2v) is 6.70. The standard InChI is InChI=1S/C19H17Cl2N3O3/c1-24-19(26)14-6-3-2-5-13(14)17(23-24)18(25)22-9-4-10-27-16-8-7-12(20)11-15(16)21/h2-3,5-8,11H,4,9-10H2,1H3,(H,22,25). The van der Waals surface area contributed by atoms with Crippen molar-refractivity contribution in [2.45, 2.75) is 6.42 Å². The molecule has 1 heterocycles. The number of hydrogen-bond acceptors (Lipinski definition) is 4. The lowest BCUT2D eigenvalue weighted by atomic mass is 10.1. The van der Waals surface area contributed by atoms with Crippen LogP contribution in [0.3, 0.4) is 0 Å². The zero-order chi connectivity index (χ0) is 19.4. The van der Waals surface area contributed by atoms with Gasteiger partial charge in [0.05, 0.1) is 17.0 Å². The summed E-state index contributed by atoms with van der Waals surface area (Å²) in [4.78, 5) is 24.6. The van der Waals surface area contributed by atoms with Crippen molar-refractivity contribution in [1.82, 2.24) is 15.1 Å². The molecule has 1 amide bonds. The number of aromatic nitrogens is 2. The van der Waals surface area contributed by atoms with E-state index in [-0.39, 0.29) is 17.2 Å². The molecule has 2 aromatic carbocycles. The van der Waals surface area contributed by atoms with Crippen LogP contribution in [-0.4, -0.2) is 28.8 Å². The number of carbonyl (C=O) groups is 1. The van der Waals surface area contributed by atoms with E-state index in [4.69, 9.17) is 27.9 Å². The summed E-state index contributed by atoms with van der Waals surface area (Å²) in [6.45, 7) is 0.770. The van der Waals surface area contributed by atoms with Gasteiger partial charge >= 0.3 is 0 Å². The van der Waals surface area contributed by atoms with E-state index in [0.717, 1.165) is 0 Å². The molecule has 27 heavy (non-hydrogen) atoms. The van der Waals surface area contributed by atoms with Gasteiger partial charge in [-0.05, 0) is 30.7 Å². The van der Waals surface area contributed by atoms with Crippen molar-refractivity contribution in [2.24, 2.45) is 7.05 Å². The van der Waals surface area contributed by atoms with Crippen LogP contribution in [0.4, 0.5) is 0 Å². The molecule has 0 aliphatic rings. The summed E-state index contributed by atoms with van der Waals surface area (Å²) >= 11 is 11.9. The van der Waals surface area contributed by atoms with Gasteiger partial charge in [-0.15, -0.1) is 0 Å². The third-order valence-corrected chi connectivity index (χ3v) is 4.46. The van der Waals surface area contributed by atoms with Gasteiger partial charge in [0.15, 0.2) is 5.69 Å². The van der Waals surface area contributed by atoms with Crippen LogP contribution in [0.5, 0.6) is 5.75 Å². The highest BCUT2D eigenvalue weighted by atomic mass is 35.5. The summed E-state index contributed by atoms with van der Waals surface area (Å²) < 4.78 is 6.75. The first kappa shape index (κ1) is 19.2. The molecular formula is C19H17Cl2N3O3. The predicted molar refractivity (Wildman–Crippen MR) is 106 cm³/mol. The van der Waals surface area contributed by atoms with E-state index < -0.39 is 0 Å². The van der Waals surface area contributed by atoms with Crippen molar-refractivity contribution >= 4 is 39.9 Å². The van der Waals surface area contributed by atoms with Crippen LogP contribution in [0.2, 0.25) is 10.0 Å². The molecule has 0 aliphatic heterocycles. The molecule has 0 spiro atoms. The Morgan fingerprint density at radius 3 is 2.67 bits per heavy atom. The largest absolute Gasteiger partial charge is 0.492 e. The summed E-state index contributed by atoms with van der Waals surface area (Å²) in [6.07, 6.45) is 0.578. The molecule has 0 bridgehead atoms. The van der Waals surface area contributed by atoms with Gasteiger partial charge in [0.1, 0.15) is 5.75 Å². The Labute approximate surface area is 165 Å². The Morgan fingerprint density at radius 2 is 1.93 bits per heavy atom. The maximum Gasteiger partial charge on any atom is 0.274 e. The fourth-order valence-corrected chi connectivity index (χ4v) is 3.06. The molecule has 0 saturated carbocycles. The molecule has 3 aromatic rings. The molecule has 0 fully saturated rings. The lowest BCUT2D eigenvalue weighted by Crippen LogP contribution is -2.30. The van der Waals surface area contributed by atoms with Crippen LogP contribution in [-0.2, 0) is 7.05 Å². The van der Waals surface area contributed by atoms with Gasteiger partial charge in [0.2, 0.25) is 0 Å². The van der Waals surface area contributed by atoms with Gasteiger partial charge in [-0.1, -0.05) is 41.4 Å². The first-order valence-corrected chi connectivity index (χ1v) is 9.05. The molecule has 1 aromatic heterocycles. The van der Waals surface area contributed by atoms with Crippen LogP contribution in [0.25, 0.3) is 10.8 Å². The maximum atomic E-state index is 12.5. The van der Waals surface area contributed by atoms with Crippen LogP contribution < -0.4 is 15.6 Å². The Balaban J connectivity index is 1.59. The quantitative estimate of drug-likeness (QED) is 0.637. The molecule has 0 unspecified atom stereocenters. The molecule has 0 radical (unpaired) electrons. The number of aryl methyl sites for hydroxylation is 1. The number of fused-ring (bicyclic) bond motifs is 1. The van der Waals surface area contributed by atoms with Crippen molar-refractivity contribution in [2.75, 3.05) is 13.2 Å². The first-order valence-electron chi connectivity index (χ1n) is 8.29. The minimum absolute atomic E-state index is 0.217. The zero-order valence-corrected chi connectivity index (χ0v) is 16.0. The van der Waals surface area contributed by atoms with Crippen molar-refractivity contribution in [3.05, 3.63) is 68.6 Å². The van der Waals surface area contributed by atoms with Crippen molar-refractivity contribution < 1.29 is 9.53 Å². The number of ether oxygens (including phenoxy) is 1. The number of nitrogens with one attached hydrogen (secondary N) is 1. The smallest absolute Gasteiger partial charge is 0.274 e. The molecule has 1 N–H and O–H groups in total. The SMILES string of the molecule is Cn1nc(C(=O)NCCCOc2ccc(Cl)cc2Cl)c2ccccc2c1=O. The van der Waals surface area contributed by atoms with E-state index in [2.05, 4.69) is 10.4 Å². The Bertz CT molecular complexity index is 1050. The number of carbonyl (C=O) groups excluding carboxylic acids is 1. The van der Waals surface area contributed by atoms with Gasteiger partial charge in [-0.2, -0.15) is 5.10 Å². The molecule has 0 aliphatic carbocycles. The highest BCUT2D eigenvalue weighted by Gasteiger charge is 2.15. The molecule has 6 nitrogen and oxygen atoms in total. The fourth-order valence-electron chi connectivity index (χ4n) is 2.60. The highest BCUT2D eigenvalue weighted by Crippen LogP contribution is 2.27. The van der Waals surface area contributed by atoms with Crippen LogP contribution >= 0.6 is 23.2 Å². The molecule has 3 rings (SSSR count). The van der Waals surface area contributed by atoms with Gasteiger partial charge in [-0.3, -0.25) is 9.59 Å². The Hall–Kier alpha value is -2.57. The molecule has 140 valence electrons. The van der Waals surface area contributed by atoms with E-state index >= 15 is 0 Å². The highest BCUT2D eigenvalue weighted by molar-refractivity contribution is 6.35. The van der Waals surface area contributed by atoms with Gasteiger partial charge < -0.3 is 10.1 Å². The van der Waals surface area contributed by atoms with Crippen LogP contribution in [0, 0.1) is 0 Å². The first-order chi connectivity index (χ1) is 13.0. The van der Waals surface area contributed by atoms with Gasteiger partial charge in [0, 0.05) is 24.0 Å². The van der Waals surface area contributed by atoms with Crippen molar-refractivity contribution in [3.63, 3.8) is 0 Å². The molecule has 0 atom stereocenters. The summed E-state index contributed by atoms with van der Waals surface area (Å²) in [5, 5.41) is 8.86. The number of amides is 1. The van der Waals surface area contributed by atoms with Crippen LogP contribution in [0.1, 0.15) is 16.9 Å². The number of halogens is 2. The zero-order valence-electron chi connectivity index (χ0n) is 14.5. The normalized spacial score (nSPS) is 10.8. The Kier molecular flexibility index (Phi) is 5.98. The molecular weight excluding hydrogens is 389 g/mol. The Morgan fingerprint density at radius 1 is 1.19 bits per heavy atom. The minimum atomic E-state index is -0.341. The second kappa shape index (κ2) is 8.41. The second-order valence-electron chi connectivity index (χ2n) is 5.86. The monoisotopic (exact) mass is 405 g/mol. The van der Waals surface area contributed by atoms with Crippen molar-refractivity contribution in [3.8, 4) is 5.75 Å². The summed E-state index contributed by atoms with van der Waals surface area (Å²) in [5.41, 5.74) is -0.0234. The van der Waals surface area contributed by atoms with E-state index in [1.54, 1.807) is 42.5 Å². The van der Waals surface area contributed by atoms with E-state index in [9.17, 15) is 9.59 Å². The average molecular weight is 406 g/mol. The molecule has 0 saturated heterocycles. The number of hydrogen-bond donors (Lipinski definition) is 1. The van der Waals surface area contributed by atoms with Gasteiger partial charge in [-0.25, -0.2) is 4.68 Å². The number of benzene rings is 2. The lowest BCUT2D eigenvalue weighted by molar-refractivity contribution is 0.0946. The number of nitrogens with zero attached hydrogens (tertiary/aromatic N) is 2. The van der Waals surface area contributed by atoms with Crippen LogP contribution in [0.15, 0.2) is 47.3 Å². The fraction of sp³-hybridized carbons (Fsp3) is 0.211. The molecule has 8 heteroatoms. The summed E-state index contributed by atoms with van der Waals surface area (Å²) in [5.74, 6) is 0.199. The third-order valence-electron chi connectivity index (χ3n) is 3.93. The topological polar surface area (TPSA) is 73.2 Å². The van der Waals surface area contributed by atoms with Gasteiger partial charge in [0.25, 0.3) is 11.5 Å². The van der Waals surface area contributed by atoms with E-state index in [1.807, 2.05) is 0 Å². The third kappa shape index (κ3) is 4.40.